The fraction of sp³-hybridized carbons (Fsp3) is 0.889. The summed E-state index contributed by atoms with van der Waals surface area (Å²) < 4.78 is 0. The first-order valence-corrected chi connectivity index (χ1v) is 9.49. The van der Waals surface area contributed by atoms with Gasteiger partial charge in [0.05, 0.1) is 0 Å². The van der Waals surface area contributed by atoms with Gasteiger partial charge in [0.25, 0.3) is 0 Å². The van der Waals surface area contributed by atoms with E-state index in [1.165, 1.54) is 57.1 Å². The summed E-state index contributed by atoms with van der Waals surface area (Å²) in [5, 5.41) is 0.796. The normalized spacial score (nSPS) is 23.7. The molecule has 0 fully saturated rings. The summed E-state index contributed by atoms with van der Waals surface area (Å²) in [6.07, 6.45) is 13.8. The summed E-state index contributed by atoms with van der Waals surface area (Å²) in [5.74, 6) is 3.12. The van der Waals surface area contributed by atoms with E-state index in [0.717, 1.165) is 17.1 Å². The molecule has 0 heterocycles. The maximum Gasteiger partial charge on any atom is 0.0260 e. The first-order valence-electron chi connectivity index (χ1n) is 8.44. The van der Waals surface area contributed by atoms with Gasteiger partial charge in [-0.1, -0.05) is 64.5 Å². The molecular formula is C18H34S. The van der Waals surface area contributed by atoms with Crippen LogP contribution in [0.25, 0.3) is 0 Å². The smallest absolute Gasteiger partial charge is 0.0260 e. The molecular weight excluding hydrogens is 248 g/mol. The molecule has 2 unspecified atom stereocenters. The van der Waals surface area contributed by atoms with Crippen molar-refractivity contribution in [3.05, 3.63) is 11.6 Å². The highest BCUT2D eigenvalue weighted by molar-refractivity contribution is 8.00. The summed E-state index contributed by atoms with van der Waals surface area (Å²) >= 11 is 2.22. The molecule has 0 saturated heterocycles. The average Bonchev–Trinajstić information content (AvgIpc) is 2.37. The van der Waals surface area contributed by atoms with Gasteiger partial charge in [0, 0.05) is 5.25 Å². The fourth-order valence-electron chi connectivity index (χ4n) is 3.03. The van der Waals surface area contributed by atoms with Crippen molar-refractivity contribution in [2.24, 2.45) is 11.8 Å². The summed E-state index contributed by atoms with van der Waals surface area (Å²) in [5.41, 5.74) is 1.62. The van der Waals surface area contributed by atoms with Gasteiger partial charge >= 0.3 is 0 Å². The van der Waals surface area contributed by atoms with Crippen molar-refractivity contribution in [2.45, 2.75) is 84.3 Å². The molecule has 19 heavy (non-hydrogen) atoms. The van der Waals surface area contributed by atoms with Crippen molar-refractivity contribution in [3.8, 4) is 0 Å². The Morgan fingerprint density at radius 1 is 1.16 bits per heavy atom. The first-order chi connectivity index (χ1) is 9.15. The van der Waals surface area contributed by atoms with Crippen LogP contribution < -0.4 is 0 Å². The van der Waals surface area contributed by atoms with E-state index < -0.39 is 0 Å². The molecule has 2 atom stereocenters. The minimum atomic E-state index is 0.796. The number of hydrogen-bond donors (Lipinski definition) is 0. The lowest BCUT2D eigenvalue weighted by Gasteiger charge is -2.32. The predicted octanol–water partition coefficient (Wildman–Crippen LogP) is 6.46. The maximum absolute atomic E-state index is 2.57. The lowest BCUT2D eigenvalue weighted by molar-refractivity contribution is 0.358. The molecule has 0 spiro atoms. The third-order valence-corrected chi connectivity index (χ3v) is 5.80. The Balaban J connectivity index is 2.20. The summed E-state index contributed by atoms with van der Waals surface area (Å²) in [4.78, 5) is 0. The van der Waals surface area contributed by atoms with E-state index in [9.17, 15) is 0 Å². The van der Waals surface area contributed by atoms with Crippen molar-refractivity contribution in [2.75, 3.05) is 5.75 Å². The quantitative estimate of drug-likeness (QED) is 0.345. The van der Waals surface area contributed by atoms with Gasteiger partial charge in [0.1, 0.15) is 0 Å². The zero-order chi connectivity index (χ0) is 14.1. The molecule has 1 heteroatoms. The van der Waals surface area contributed by atoms with Gasteiger partial charge < -0.3 is 0 Å². The zero-order valence-electron chi connectivity index (χ0n) is 13.6. The van der Waals surface area contributed by atoms with Crippen LogP contribution >= 0.6 is 11.8 Å². The Morgan fingerprint density at radius 2 is 1.84 bits per heavy atom. The number of rotatable bonds is 9. The van der Waals surface area contributed by atoms with Gasteiger partial charge in [0.2, 0.25) is 0 Å². The second-order valence-electron chi connectivity index (χ2n) is 6.56. The predicted molar refractivity (Wildman–Crippen MR) is 90.9 cm³/mol. The second-order valence-corrected chi connectivity index (χ2v) is 7.85. The molecule has 0 amide bonds. The van der Waals surface area contributed by atoms with Crippen LogP contribution in [-0.2, 0) is 0 Å². The van der Waals surface area contributed by atoms with E-state index in [1.807, 2.05) is 0 Å². The van der Waals surface area contributed by atoms with Crippen LogP contribution in [0.1, 0.15) is 79.1 Å². The molecule has 0 radical (unpaired) electrons. The third-order valence-electron chi connectivity index (χ3n) is 4.41. The Morgan fingerprint density at radius 3 is 2.53 bits per heavy atom. The Labute approximate surface area is 125 Å². The average molecular weight is 283 g/mol. The largest absolute Gasteiger partial charge is 0.154 e. The van der Waals surface area contributed by atoms with Crippen LogP contribution in [0.4, 0.5) is 0 Å². The van der Waals surface area contributed by atoms with E-state index in [4.69, 9.17) is 0 Å². The van der Waals surface area contributed by atoms with E-state index >= 15 is 0 Å². The number of thioether (sulfide) groups is 1. The monoisotopic (exact) mass is 282 g/mol. The van der Waals surface area contributed by atoms with E-state index in [0.29, 0.717) is 0 Å². The highest BCUT2D eigenvalue weighted by Gasteiger charge is 2.26. The van der Waals surface area contributed by atoms with Gasteiger partial charge in [0.15, 0.2) is 0 Å². The highest BCUT2D eigenvalue weighted by atomic mass is 32.2. The maximum atomic E-state index is 2.57. The van der Waals surface area contributed by atoms with Crippen molar-refractivity contribution < 1.29 is 0 Å². The van der Waals surface area contributed by atoms with Crippen LogP contribution in [0.5, 0.6) is 0 Å². The fourth-order valence-corrected chi connectivity index (χ4v) is 4.70. The van der Waals surface area contributed by atoms with E-state index in [2.05, 4.69) is 45.5 Å². The zero-order valence-corrected chi connectivity index (χ0v) is 14.4. The Kier molecular flexibility index (Phi) is 8.94. The number of hydrogen-bond acceptors (Lipinski definition) is 1. The molecule has 112 valence electrons. The molecule has 0 N–H and O–H groups in total. The molecule has 0 aliphatic heterocycles. The van der Waals surface area contributed by atoms with Crippen LogP contribution in [-0.4, -0.2) is 11.0 Å². The lowest BCUT2D eigenvalue weighted by atomic mass is 9.82. The molecule has 0 aromatic rings. The van der Waals surface area contributed by atoms with Crippen LogP contribution in [0.3, 0.4) is 0 Å². The summed E-state index contributed by atoms with van der Waals surface area (Å²) in [6.45, 7) is 9.41. The number of allylic oxidation sites excluding steroid dienone is 1. The van der Waals surface area contributed by atoms with Gasteiger partial charge in [-0.25, -0.2) is 0 Å². The lowest BCUT2D eigenvalue weighted by Crippen LogP contribution is -2.24. The standard InChI is InChI=1S/C18H34S/c1-5-6-7-8-9-10-13-19-18-14-16(4)11-12-17(18)15(2)3/h14-15,17-18H,5-13H2,1-4H3. The third kappa shape index (κ3) is 6.88. The molecule has 0 bridgehead atoms. The Bertz CT molecular complexity index is 254. The molecule has 0 nitrogen and oxygen atoms in total. The highest BCUT2D eigenvalue weighted by Crippen LogP contribution is 2.36. The van der Waals surface area contributed by atoms with E-state index in [1.54, 1.807) is 5.57 Å². The van der Waals surface area contributed by atoms with Crippen molar-refractivity contribution in [3.63, 3.8) is 0 Å². The summed E-state index contributed by atoms with van der Waals surface area (Å²) in [7, 11) is 0. The van der Waals surface area contributed by atoms with Gasteiger partial charge in [-0.05, 0) is 43.8 Å². The van der Waals surface area contributed by atoms with Gasteiger partial charge in [-0.2, -0.15) is 11.8 Å². The molecule has 0 aromatic carbocycles. The topological polar surface area (TPSA) is 0 Å². The van der Waals surface area contributed by atoms with E-state index in [-0.39, 0.29) is 0 Å². The van der Waals surface area contributed by atoms with Gasteiger partial charge in [-0.3, -0.25) is 0 Å². The van der Waals surface area contributed by atoms with Gasteiger partial charge in [-0.15, -0.1) is 0 Å². The minimum Gasteiger partial charge on any atom is -0.154 e. The molecule has 1 aliphatic rings. The molecule has 1 aliphatic carbocycles. The molecule has 1 rings (SSSR count). The second kappa shape index (κ2) is 9.91. The summed E-state index contributed by atoms with van der Waals surface area (Å²) in [6, 6.07) is 0. The molecule has 0 aromatic heterocycles. The van der Waals surface area contributed by atoms with Crippen LogP contribution in [0.2, 0.25) is 0 Å². The minimum absolute atomic E-state index is 0.796. The van der Waals surface area contributed by atoms with Crippen LogP contribution in [0, 0.1) is 11.8 Å². The van der Waals surface area contributed by atoms with Crippen molar-refractivity contribution in [1.82, 2.24) is 0 Å². The van der Waals surface area contributed by atoms with Crippen molar-refractivity contribution in [1.29, 1.82) is 0 Å². The van der Waals surface area contributed by atoms with Crippen LogP contribution in [0.15, 0.2) is 11.6 Å². The first kappa shape index (κ1) is 17.1. The number of unbranched alkanes of at least 4 members (excludes halogenated alkanes) is 5. The Hall–Kier alpha value is 0.0900. The molecule has 0 saturated carbocycles. The van der Waals surface area contributed by atoms with Crippen molar-refractivity contribution >= 4 is 11.8 Å². The SMILES string of the molecule is CCCCCCCCSC1C=C(C)CCC1C(C)C.